The minimum Gasteiger partial charge on any atom is -0.497 e. The van der Waals surface area contributed by atoms with Gasteiger partial charge >= 0.3 is 0 Å². The van der Waals surface area contributed by atoms with E-state index in [1.165, 1.54) is 0 Å². The quantitative estimate of drug-likeness (QED) is 0.858. The van der Waals surface area contributed by atoms with Crippen LogP contribution >= 0.6 is 11.6 Å². The van der Waals surface area contributed by atoms with Gasteiger partial charge in [0.2, 0.25) is 5.91 Å². The van der Waals surface area contributed by atoms with Gasteiger partial charge < -0.3 is 15.4 Å². The van der Waals surface area contributed by atoms with E-state index in [1.807, 2.05) is 37.3 Å². The normalized spacial score (nSPS) is 10.3. The van der Waals surface area contributed by atoms with E-state index in [1.54, 1.807) is 19.2 Å². The van der Waals surface area contributed by atoms with Gasteiger partial charge in [-0.1, -0.05) is 23.7 Å². The zero-order chi connectivity index (χ0) is 15.9. The minimum absolute atomic E-state index is 0.0843. The molecule has 5 heteroatoms. The predicted molar refractivity (Wildman–Crippen MR) is 89.5 cm³/mol. The summed E-state index contributed by atoms with van der Waals surface area (Å²) in [6.07, 6.45) is 0. The van der Waals surface area contributed by atoms with E-state index in [4.69, 9.17) is 16.3 Å². The van der Waals surface area contributed by atoms with E-state index in [0.29, 0.717) is 11.6 Å². The molecule has 0 saturated heterocycles. The SMILES string of the molecule is COc1ccc(CNCC(=O)Nc2ccc(Cl)cc2C)cc1. The molecule has 1 amide bonds. The van der Waals surface area contributed by atoms with Gasteiger partial charge in [0.05, 0.1) is 13.7 Å². The minimum atomic E-state index is -0.0843. The van der Waals surface area contributed by atoms with Crippen LogP contribution in [0, 0.1) is 6.92 Å². The Kier molecular flexibility index (Phi) is 5.81. The fourth-order valence-corrected chi connectivity index (χ4v) is 2.25. The molecule has 2 aromatic rings. The summed E-state index contributed by atoms with van der Waals surface area (Å²) in [4.78, 5) is 11.9. The maximum atomic E-state index is 11.9. The van der Waals surface area contributed by atoms with Gasteiger partial charge in [0, 0.05) is 17.3 Å². The maximum Gasteiger partial charge on any atom is 0.238 e. The van der Waals surface area contributed by atoms with Crippen LogP contribution in [0.1, 0.15) is 11.1 Å². The van der Waals surface area contributed by atoms with Crippen molar-refractivity contribution in [2.75, 3.05) is 19.0 Å². The van der Waals surface area contributed by atoms with Crippen molar-refractivity contribution in [3.63, 3.8) is 0 Å². The number of rotatable bonds is 6. The molecule has 2 rings (SSSR count). The van der Waals surface area contributed by atoms with Crippen molar-refractivity contribution in [1.29, 1.82) is 0 Å². The van der Waals surface area contributed by atoms with Crippen molar-refractivity contribution in [2.24, 2.45) is 0 Å². The average Bonchev–Trinajstić information content (AvgIpc) is 2.51. The molecule has 0 heterocycles. The molecule has 0 aromatic heterocycles. The fraction of sp³-hybridized carbons (Fsp3) is 0.235. The topological polar surface area (TPSA) is 50.4 Å². The van der Waals surface area contributed by atoms with Crippen LogP contribution < -0.4 is 15.4 Å². The first-order valence-electron chi connectivity index (χ1n) is 6.98. The molecule has 0 bridgehead atoms. The summed E-state index contributed by atoms with van der Waals surface area (Å²) in [5.41, 5.74) is 2.81. The van der Waals surface area contributed by atoms with Crippen molar-refractivity contribution in [3.05, 3.63) is 58.6 Å². The highest BCUT2D eigenvalue weighted by Crippen LogP contribution is 2.19. The number of benzene rings is 2. The van der Waals surface area contributed by atoms with E-state index in [0.717, 1.165) is 22.6 Å². The molecular weight excluding hydrogens is 300 g/mol. The van der Waals surface area contributed by atoms with E-state index < -0.39 is 0 Å². The monoisotopic (exact) mass is 318 g/mol. The Labute approximate surface area is 135 Å². The third-order valence-corrected chi connectivity index (χ3v) is 3.47. The maximum absolute atomic E-state index is 11.9. The van der Waals surface area contributed by atoms with Gasteiger partial charge in [-0.2, -0.15) is 0 Å². The van der Waals surface area contributed by atoms with Crippen molar-refractivity contribution < 1.29 is 9.53 Å². The van der Waals surface area contributed by atoms with Gasteiger partial charge in [-0.05, 0) is 48.4 Å². The van der Waals surface area contributed by atoms with Crippen LogP contribution in [0.15, 0.2) is 42.5 Å². The van der Waals surface area contributed by atoms with Crippen LogP contribution in [0.4, 0.5) is 5.69 Å². The number of aryl methyl sites for hydroxylation is 1. The highest BCUT2D eigenvalue weighted by atomic mass is 35.5. The Morgan fingerprint density at radius 2 is 1.91 bits per heavy atom. The summed E-state index contributed by atoms with van der Waals surface area (Å²) in [7, 11) is 1.64. The molecule has 2 aromatic carbocycles. The molecule has 22 heavy (non-hydrogen) atoms. The molecule has 0 aliphatic heterocycles. The number of hydrogen-bond donors (Lipinski definition) is 2. The number of carbonyl (C=O) groups excluding carboxylic acids is 1. The second kappa shape index (κ2) is 7.82. The second-order valence-electron chi connectivity index (χ2n) is 4.96. The molecule has 0 spiro atoms. The Morgan fingerprint density at radius 1 is 1.18 bits per heavy atom. The van der Waals surface area contributed by atoms with Crippen LogP contribution in [-0.2, 0) is 11.3 Å². The number of carbonyl (C=O) groups is 1. The number of halogens is 1. The van der Waals surface area contributed by atoms with Gasteiger partial charge in [0.1, 0.15) is 5.75 Å². The Balaban J connectivity index is 1.79. The number of nitrogens with one attached hydrogen (secondary N) is 2. The van der Waals surface area contributed by atoms with E-state index in [2.05, 4.69) is 10.6 Å². The highest BCUT2D eigenvalue weighted by Gasteiger charge is 2.05. The first-order valence-corrected chi connectivity index (χ1v) is 7.36. The molecule has 4 nitrogen and oxygen atoms in total. The van der Waals surface area contributed by atoms with Gasteiger partial charge in [-0.25, -0.2) is 0 Å². The second-order valence-corrected chi connectivity index (χ2v) is 5.40. The van der Waals surface area contributed by atoms with Crippen molar-refractivity contribution >= 4 is 23.2 Å². The number of anilines is 1. The molecule has 0 saturated carbocycles. The van der Waals surface area contributed by atoms with E-state index in [-0.39, 0.29) is 12.5 Å². The van der Waals surface area contributed by atoms with Crippen molar-refractivity contribution in [1.82, 2.24) is 5.32 Å². The van der Waals surface area contributed by atoms with Gasteiger partial charge in [-0.15, -0.1) is 0 Å². The molecule has 0 radical (unpaired) electrons. The van der Waals surface area contributed by atoms with Crippen LogP contribution in [0.3, 0.4) is 0 Å². The molecule has 0 atom stereocenters. The molecule has 0 aliphatic carbocycles. The van der Waals surface area contributed by atoms with Crippen LogP contribution in [-0.4, -0.2) is 19.6 Å². The molecule has 0 fully saturated rings. The van der Waals surface area contributed by atoms with Crippen molar-refractivity contribution in [3.8, 4) is 5.75 Å². The predicted octanol–water partition coefficient (Wildman–Crippen LogP) is 3.39. The third-order valence-electron chi connectivity index (χ3n) is 3.24. The Morgan fingerprint density at radius 3 is 2.55 bits per heavy atom. The highest BCUT2D eigenvalue weighted by molar-refractivity contribution is 6.30. The summed E-state index contributed by atoms with van der Waals surface area (Å²) in [5.74, 6) is 0.735. The van der Waals surface area contributed by atoms with Gasteiger partial charge in [-0.3, -0.25) is 4.79 Å². The molecule has 2 N–H and O–H groups in total. The van der Waals surface area contributed by atoms with Crippen LogP contribution in [0.5, 0.6) is 5.75 Å². The summed E-state index contributed by atoms with van der Waals surface area (Å²) >= 11 is 5.89. The first kappa shape index (κ1) is 16.3. The lowest BCUT2D eigenvalue weighted by Gasteiger charge is -2.10. The van der Waals surface area contributed by atoms with Crippen LogP contribution in [0.25, 0.3) is 0 Å². The lowest BCUT2D eigenvalue weighted by molar-refractivity contribution is -0.115. The summed E-state index contributed by atoms with van der Waals surface area (Å²) in [6.45, 7) is 2.78. The standard InChI is InChI=1S/C17H19ClN2O2/c1-12-9-14(18)5-8-16(12)20-17(21)11-19-10-13-3-6-15(22-2)7-4-13/h3-9,19H,10-11H2,1-2H3,(H,20,21). The Hall–Kier alpha value is -2.04. The third kappa shape index (κ3) is 4.76. The van der Waals surface area contributed by atoms with Crippen molar-refractivity contribution in [2.45, 2.75) is 13.5 Å². The smallest absolute Gasteiger partial charge is 0.238 e. The molecule has 0 unspecified atom stereocenters. The molecule has 116 valence electrons. The van der Waals surface area contributed by atoms with Crippen LogP contribution in [0.2, 0.25) is 5.02 Å². The lowest BCUT2D eigenvalue weighted by atomic mass is 10.2. The zero-order valence-corrected chi connectivity index (χ0v) is 13.4. The largest absolute Gasteiger partial charge is 0.497 e. The number of ether oxygens (including phenoxy) is 1. The first-order chi connectivity index (χ1) is 10.6. The molecule has 0 aliphatic rings. The Bertz CT molecular complexity index is 642. The average molecular weight is 319 g/mol. The molecular formula is C17H19ClN2O2. The van der Waals surface area contributed by atoms with E-state index >= 15 is 0 Å². The van der Waals surface area contributed by atoms with E-state index in [9.17, 15) is 4.79 Å². The summed E-state index contributed by atoms with van der Waals surface area (Å²) in [6, 6.07) is 13.1. The fourth-order valence-electron chi connectivity index (χ4n) is 2.03. The number of methoxy groups -OCH3 is 1. The number of amides is 1. The lowest BCUT2D eigenvalue weighted by Crippen LogP contribution is -2.27. The van der Waals surface area contributed by atoms with Gasteiger partial charge in [0.15, 0.2) is 0 Å². The summed E-state index contributed by atoms with van der Waals surface area (Å²) in [5, 5.41) is 6.63. The number of hydrogen-bond acceptors (Lipinski definition) is 3. The zero-order valence-electron chi connectivity index (χ0n) is 12.7. The summed E-state index contributed by atoms with van der Waals surface area (Å²) < 4.78 is 5.10. The van der Waals surface area contributed by atoms with Gasteiger partial charge in [0.25, 0.3) is 0 Å².